The average Bonchev–Trinajstić information content (AvgIpc) is 3.04. The minimum Gasteiger partial charge on any atom is -0.381 e. The number of nitrogens with one attached hydrogen (secondary N) is 2. The summed E-state index contributed by atoms with van der Waals surface area (Å²) in [7, 11) is 0. The molecule has 17 heavy (non-hydrogen) atoms. The molecule has 1 heterocycles. The molecule has 0 radical (unpaired) electrons. The quantitative estimate of drug-likeness (QED) is 0.651. The van der Waals surface area contributed by atoms with Crippen molar-refractivity contribution in [3.63, 3.8) is 0 Å². The number of hydrogen-bond donors (Lipinski definition) is 2. The summed E-state index contributed by atoms with van der Waals surface area (Å²) in [5.41, 5.74) is 0. The third kappa shape index (κ3) is 4.28. The van der Waals surface area contributed by atoms with Gasteiger partial charge < -0.3 is 15.4 Å². The zero-order valence-corrected chi connectivity index (χ0v) is 10.7. The van der Waals surface area contributed by atoms with E-state index in [1.165, 1.54) is 12.8 Å². The highest BCUT2D eigenvalue weighted by atomic mass is 16.5. The van der Waals surface area contributed by atoms with Crippen molar-refractivity contribution in [2.75, 3.05) is 26.3 Å². The molecule has 0 spiro atoms. The predicted molar refractivity (Wildman–Crippen MR) is 66.7 cm³/mol. The van der Waals surface area contributed by atoms with Gasteiger partial charge in [0, 0.05) is 19.8 Å². The molecule has 2 N–H and O–H groups in total. The maximum atomic E-state index is 11.8. The van der Waals surface area contributed by atoms with E-state index in [0.717, 1.165) is 45.1 Å². The van der Waals surface area contributed by atoms with Gasteiger partial charge in [0.25, 0.3) is 0 Å². The Hall–Kier alpha value is -0.610. The van der Waals surface area contributed by atoms with Crippen LogP contribution < -0.4 is 10.6 Å². The van der Waals surface area contributed by atoms with Crippen LogP contribution in [0.2, 0.25) is 0 Å². The molecule has 4 heteroatoms. The van der Waals surface area contributed by atoms with E-state index < -0.39 is 0 Å². The lowest BCUT2D eigenvalue weighted by Crippen LogP contribution is -2.43. The first-order valence-electron chi connectivity index (χ1n) is 6.86. The second-order valence-electron chi connectivity index (χ2n) is 5.36. The molecule has 1 aliphatic carbocycles. The van der Waals surface area contributed by atoms with E-state index in [2.05, 4.69) is 17.6 Å². The van der Waals surface area contributed by atoms with Gasteiger partial charge in [0.15, 0.2) is 0 Å². The summed E-state index contributed by atoms with van der Waals surface area (Å²) in [6, 6.07) is 0.0161. The summed E-state index contributed by atoms with van der Waals surface area (Å²) < 4.78 is 5.52. The van der Waals surface area contributed by atoms with Crippen LogP contribution in [0.5, 0.6) is 0 Å². The molecule has 1 aliphatic heterocycles. The summed E-state index contributed by atoms with van der Waals surface area (Å²) in [6.07, 6.45) is 4.69. The van der Waals surface area contributed by atoms with Gasteiger partial charge in [-0.3, -0.25) is 4.79 Å². The van der Waals surface area contributed by atoms with Gasteiger partial charge in [-0.1, -0.05) is 6.92 Å². The lowest BCUT2D eigenvalue weighted by atomic mass is 10.0. The van der Waals surface area contributed by atoms with Gasteiger partial charge in [-0.05, 0) is 44.1 Å². The summed E-state index contributed by atoms with van der Waals surface area (Å²) in [5, 5.41) is 6.22. The molecule has 2 aliphatic rings. The highest BCUT2D eigenvalue weighted by Crippen LogP contribution is 2.28. The Morgan fingerprint density at radius 3 is 2.88 bits per heavy atom. The van der Waals surface area contributed by atoms with Crippen LogP contribution in [0, 0.1) is 11.8 Å². The SMILES string of the molecule is CC1CCNC1C(=O)NCCCOCC1CC1. The van der Waals surface area contributed by atoms with E-state index in [1.807, 2.05) is 0 Å². The van der Waals surface area contributed by atoms with Gasteiger partial charge in [0.1, 0.15) is 0 Å². The Morgan fingerprint density at radius 2 is 2.24 bits per heavy atom. The molecule has 2 fully saturated rings. The fourth-order valence-corrected chi connectivity index (χ4v) is 2.22. The van der Waals surface area contributed by atoms with Crippen molar-refractivity contribution in [1.82, 2.24) is 10.6 Å². The third-order valence-electron chi connectivity index (χ3n) is 3.63. The molecular formula is C13H24N2O2. The van der Waals surface area contributed by atoms with Crippen LogP contribution in [0.3, 0.4) is 0 Å². The maximum absolute atomic E-state index is 11.8. The van der Waals surface area contributed by atoms with Gasteiger partial charge >= 0.3 is 0 Å². The molecule has 2 rings (SSSR count). The molecular weight excluding hydrogens is 216 g/mol. The number of amides is 1. The fraction of sp³-hybridized carbons (Fsp3) is 0.923. The number of carbonyl (C=O) groups excluding carboxylic acids is 1. The van der Waals surface area contributed by atoms with Crippen LogP contribution in [0.4, 0.5) is 0 Å². The van der Waals surface area contributed by atoms with Gasteiger partial charge in [0.05, 0.1) is 6.04 Å². The average molecular weight is 240 g/mol. The largest absolute Gasteiger partial charge is 0.381 e. The minimum absolute atomic E-state index is 0.0161. The standard InChI is InChI=1S/C13H24N2O2/c1-10-5-7-14-12(10)13(16)15-6-2-8-17-9-11-3-4-11/h10-12,14H,2-9H2,1H3,(H,15,16). The molecule has 0 aromatic rings. The predicted octanol–water partition coefficient (Wildman–Crippen LogP) is 0.917. The molecule has 0 aromatic carbocycles. The second-order valence-corrected chi connectivity index (χ2v) is 5.36. The lowest BCUT2D eigenvalue weighted by molar-refractivity contribution is -0.123. The van der Waals surface area contributed by atoms with Crippen LogP contribution in [-0.2, 0) is 9.53 Å². The smallest absolute Gasteiger partial charge is 0.237 e. The summed E-state index contributed by atoms with van der Waals surface area (Å²) in [6.45, 7) is 5.50. The summed E-state index contributed by atoms with van der Waals surface area (Å²) in [5.74, 6) is 1.44. The van der Waals surface area contributed by atoms with Crippen molar-refractivity contribution in [3.8, 4) is 0 Å². The van der Waals surface area contributed by atoms with Crippen LogP contribution in [-0.4, -0.2) is 38.3 Å². The topological polar surface area (TPSA) is 50.4 Å². The molecule has 1 saturated carbocycles. The van der Waals surface area contributed by atoms with Crippen LogP contribution in [0.25, 0.3) is 0 Å². The summed E-state index contributed by atoms with van der Waals surface area (Å²) >= 11 is 0. The van der Waals surface area contributed by atoms with E-state index in [1.54, 1.807) is 0 Å². The third-order valence-corrected chi connectivity index (χ3v) is 3.63. The van der Waals surface area contributed by atoms with Crippen molar-refractivity contribution in [3.05, 3.63) is 0 Å². The van der Waals surface area contributed by atoms with Crippen molar-refractivity contribution in [2.24, 2.45) is 11.8 Å². The van der Waals surface area contributed by atoms with E-state index in [0.29, 0.717) is 5.92 Å². The Kier molecular flexibility index (Phi) is 4.80. The zero-order valence-electron chi connectivity index (χ0n) is 10.7. The zero-order chi connectivity index (χ0) is 12.1. The second kappa shape index (κ2) is 6.36. The first kappa shape index (κ1) is 12.8. The van der Waals surface area contributed by atoms with Crippen molar-refractivity contribution >= 4 is 5.91 Å². The lowest BCUT2D eigenvalue weighted by Gasteiger charge is -2.15. The Bertz CT molecular complexity index is 254. The maximum Gasteiger partial charge on any atom is 0.237 e. The van der Waals surface area contributed by atoms with Crippen molar-refractivity contribution in [2.45, 2.75) is 38.6 Å². The number of carbonyl (C=O) groups is 1. The molecule has 98 valence electrons. The van der Waals surface area contributed by atoms with E-state index in [4.69, 9.17) is 4.74 Å². The monoisotopic (exact) mass is 240 g/mol. The van der Waals surface area contributed by atoms with E-state index in [9.17, 15) is 4.79 Å². The molecule has 2 unspecified atom stereocenters. The van der Waals surface area contributed by atoms with Crippen LogP contribution >= 0.6 is 0 Å². The van der Waals surface area contributed by atoms with Gasteiger partial charge in [-0.2, -0.15) is 0 Å². The van der Waals surface area contributed by atoms with Crippen molar-refractivity contribution < 1.29 is 9.53 Å². The molecule has 2 atom stereocenters. The Labute approximate surface area is 103 Å². The van der Waals surface area contributed by atoms with Gasteiger partial charge in [-0.25, -0.2) is 0 Å². The molecule has 4 nitrogen and oxygen atoms in total. The van der Waals surface area contributed by atoms with Gasteiger partial charge in [0.2, 0.25) is 5.91 Å². The van der Waals surface area contributed by atoms with Crippen LogP contribution in [0.1, 0.15) is 32.6 Å². The first-order valence-corrected chi connectivity index (χ1v) is 6.86. The summed E-state index contributed by atoms with van der Waals surface area (Å²) in [4.78, 5) is 11.8. The van der Waals surface area contributed by atoms with Crippen molar-refractivity contribution in [1.29, 1.82) is 0 Å². The highest BCUT2D eigenvalue weighted by molar-refractivity contribution is 5.82. The van der Waals surface area contributed by atoms with Crippen LogP contribution in [0.15, 0.2) is 0 Å². The normalized spacial score (nSPS) is 28.3. The Balaban J connectivity index is 1.47. The first-order chi connectivity index (χ1) is 8.27. The van der Waals surface area contributed by atoms with Gasteiger partial charge in [-0.15, -0.1) is 0 Å². The molecule has 1 amide bonds. The highest BCUT2D eigenvalue weighted by Gasteiger charge is 2.28. The molecule has 1 saturated heterocycles. The van der Waals surface area contributed by atoms with E-state index in [-0.39, 0.29) is 11.9 Å². The van der Waals surface area contributed by atoms with E-state index >= 15 is 0 Å². The Morgan fingerprint density at radius 1 is 1.41 bits per heavy atom. The fourth-order valence-electron chi connectivity index (χ4n) is 2.22. The number of rotatable bonds is 7. The number of ether oxygens (including phenoxy) is 1. The minimum atomic E-state index is 0.0161. The molecule has 0 bridgehead atoms. The number of hydrogen-bond acceptors (Lipinski definition) is 3. The molecule has 0 aromatic heterocycles.